The van der Waals surface area contributed by atoms with Gasteiger partial charge in [-0.1, -0.05) is 12.1 Å². The number of rotatable bonds is 7. The van der Waals surface area contributed by atoms with Crippen LogP contribution in [0.3, 0.4) is 0 Å². The third-order valence-electron chi connectivity index (χ3n) is 5.11. The zero-order valence-electron chi connectivity index (χ0n) is 14.5. The molecule has 5 nitrogen and oxygen atoms in total. The molecule has 2 saturated heterocycles. The van der Waals surface area contributed by atoms with Crippen LogP contribution in [0, 0.1) is 5.82 Å². The highest BCUT2D eigenvalue weighted by molar-refractivity contribution is 5.80. The Morgan fingerprint density at radius 1 is 1.12 bits per heavy atom. The van der Waals surface area contributed by atoms with Crippen LogP contribution < -0.4 is 5.32 Å². The first-order chi connectivity index (χ1) is 12.1. The number of amides is 2. The van der Waals surface area contributed by atoms with Crippen LogP contribution in [0.2, 0.25) is 0 Å². The van der Waals surface area contributed by atoms with Crippen LogP contribution in [0.4, 0.5) is 4.39 Å². The average molecular weight is 347 g/mol. The zero-order chi connectivity index (χ0) is 17.6. The number of likely N-dealkylation sites (tertiary alicyclic amines) is 2. The predicted molar refractivity (Wildman–Crippen MR) is 93.4 cm³/mol. The van der Waals surface area contributed by atoms with Gasteiger partial charge in [-0.15, -0.1) is 0 Å². The quantitative estimate of drug-likeness (QED) is 0.822. The first kappa shape index (κ1) is 17.9. The third kappa shape index (κ3) is 4.78. The van der Waals surface area contributed by atoms with E-state index in [9.17, 15) is 14.0 Å². The van der Waals surface area contributed by atoms with Gasteiger partial charge in [0, 0.05) is 32.5 Å². The SMILES string of the molecule is O=C(CCN1CCCC1=O)NCC(c1ccc(F)cc1)N1CCCC1. The van der Waals surface area contributed by atoms with E-state index in [1.807, 2.05) is 0 Å². The van der Waals surface area contributed by atoms with Crippen LogP contribution in [-0.2, 0) is 9.59 Å². The van der Waals surface area contributed by atoms with E-state index in [1.165, 1.54) is 12.1 Å². The van der Waals surface area contributed by atoms with Crippen molar-refractivity contribution in [3.05, 3.63) is 35.6 Å². The number of carbonyl (C=O) groups is 2. The van der Waals surface area contributed by atoms with Crippen LogP contribution in [0.1, 0.15) is 43.7 Å². The maximum atomic E-state index is 13.2. The van der Waals surface area contributed by atoms with Crippen molar-refractivity contribution in [3.8, 4) is 0 Å². The Labute approximate surface area is 148 Å². The van der Waals surface area contributed by atoms with Crippen LogP contribution in [0.25, 0.3) is 0 Å². The van der Waals surface area contributed by atoms with Crippen molar-refractivity contribution in [1.29, 1.82) is 0 Å². The van der Waals surface area contributed by atoms with E-state index >= 15 is 0 Å². The summed E-state index contributed by atoms with van der Waals surface area (Å²) in [5, 5.41) is 3.00. The van der Waals surface area contributed by atoms with Gasteiger partial charge in [-0.3, -0.25) is 14.5 Å². The second kappa shape index (κ2) is 8.43. The smallest absolute Gasteiger partial charge is 0.222 e. The highest BCUT2D eigenvalue weighted by Crippen LogP contribution is 2.24. The molecule has 3 rings (SSSR count). The molecule has 1 aromatic carbocycles. The van der Waals surface area contributed by atoms with Crippen molar-refractivity contribution in [3.63, 3.8) is 0 Å². The lowest BCUT2D eigenvalue weighted by atomic mass is 10.1. The highest BCUT2D eigenvalue weighted by Gasteiger charge is 2.24. The molecule has 0 radical (unpaired) electrons. The van der Waals surface area contributed by atoms with Crippen molar-refractivity contribution in [2.45, 2.75) is 38.1 Å². The molecule has 2 heterocycles. The molecule has 6 heteroatoms. The molecule has 2 fully saturated rings. The summed E-state index contributed by atoms with van der Waals surface area (Å²) in [6, 6.07) is 6.61. The standard InChI is InChI=1S/C19H26FN3O2/c20-16-7-5-15(6-8-16)17(22-10-1-2-11-22)14-21-18(24)9-13-23-12-3-4-19(23)25/h5-8,17H,1-4,9-14H2,(H,21,24). The number of benzene rings is 1. The molecular formula is C19H26FN3O2. The number of nitrogens with one attached hydrogen (secondary N) is 1. The second-order valence-electron chi connectivity index (χ2n) is 6.85. The van der Waals surface area contributed by atoms with E-state index in [-0.39, 0.29) is 23.7 Å². The van der Waals surface area contributed by atoms with Gasteiger partial charge in [-0.05, 0) is 50.0 Å². The Morgan fingerprint density at radius 2 is 1.84 bits per heavy atom. The normalized spacial score (nSPS) is 19.4. The lowest BCUT2D eigenvalue weighted by Gasteiger charge is -2.28. The van der Waals surface area contributed by atoms with E-state index < -0.39 is 0 Å². The number of nitrogens with zero attached hydrogens (tertiary/aromatic N) is 2. The highest BCUT2D eigenvalue weighted by atomic mass is 19.1. The van der Waals surface area contributed by atoms with E-state index in [0.717, 1.165) is 44.5 Å². The molecule has 0 spiro atoms. The van der Waals surface area contributed by atoms with E-state index in [1.54, 1.807) is 17.0 Å². The van der Waals surface area contributed by atoms with Gasteiger partial charge in [0.05, 0.1) is 6.04 Å². The Kier molecular flexibility index (Phi) is 6.02. The van der Waals surface area contributed by atoms with Crippen LogP contribution >= 0.6 is 0 Å². The van der Waals surface area contributed by atoms with Gasteiger partial charge in [0.2, 0.25) is 11.8 Å². The number of halogens is 1. The van der Waals surface area contributed by atoms with Gasteiger partial charge in [0.15, 0.2) is 0 Å². The average Bonchev–Trinajstić information content (AvgIpc) is 3.27. The zero-order valence-corrected chi connectivity index (χ0v) is 14.5. The minimum Gasteiger partial charge on any atom is -0.354 e. The van der Waals surface area contributed by atoms with Gasteiger partial charge in [0.1, 0.15) is 5.82 Å². The lowest BCUT2D eigenvalue weighted by Crippen LogP contribution is -2.38. The van der Waals surface area contributed by atoms with Gasteiger partial charge in [-0.25, -0.2) is 4.39 Å². The molecule has 2 aliphatic heterocycles. The molecule has 0 bridgehead atoms. The van der Waals surface area contributed by atoms with Gasteiger partial charge in [0.25, 0.3) is 0 Å². The van der Waals surface area contributed by atoms with Crippen LogP contribution in [0.5, 0.6) is 0 Å². The minimum atomic E-state index is -0.247. The Balaban J connectivity index is 1.53. The first-order valence-electron chi connectivity index (χ1n) is 9.17. The van der Waals surface area contributed by atoms with Gasteiger partial charge >= 0.3 is 0 Å². The molecule has 1 aromatic rings. The number of hydrogen-bond acceptors (Lipinski definition) is 3. The number of carbonyl (C=O) groups excluding carboxylic acids is 2. The molecule has 0 saturated carbocycles. The predicted octanol–water partition coefficient (Wildman–Crippen LogP) is 2.09. The van der Waals surface area contributed by atoms with Crippen molar-refractivity contribution < 1.29 is 14.0 Å². The first-order valence-corrected chi connectivity index (χ1v) is 9.17. The lowest BCUT2D eigenvalue weighted by molar-refractivity contribution is -0.128. The van der Waals surface area contributed by atoms with Crippen LogP contribution in [-0.4, -0.2) is 54.3 Å². The monoisotopic (exact) mass is 347 g/mol. The topological polar surface area (TPSA) is 52.7 Å². The fourth-order valence-electron chi connectivity index (χ4n) is 3.67. The molecule has 1 atom stereocenters. The van der Waals surface area contributed by atoms with Gasteiger partial charge in [-0.2, -0.15) is 0 Å². The summed E-state index contributed by atoms with van der Waals surface area (Å²) in [6.45, 7) is 3.77. The second-order valence-corrected chi connectivity index (χ2v) is 6.85. The molecule has 136 valence electrons. The van der Waals surface area contributed by atoms with Gasteiger partial charge < -0.3 is 10.2 Å². The van der Waals surface area contributed by atoms with Crippen molar-refractivity contribution >= 4 is 11.8 Å². The third-order valence-corrected chi connectivity index (χ3v) is 5.11. The summed E-state index contributed by atoms with van der Waals surface area (Å²) < 4.78 is 13.2. The summed E-state index contributed by atoms with van der Waals surface area (Å²) in [5.74, 6) is -0.136. The van der Waals surface area contributed by atoms with Crippen molar-refractivity contribution in [2.75, 3.05) is 32.7 Å². The molecule has 0 aromatic heterocycles. The minimum absolute atomic E-state index is 0.0361. The molecular weight excluding hydrogens is 321 g/mol. The van der Waals surface area contributed by atoms with E-state index in [4.69, 9.17) is 0 Å². The Hall–Kier alpha value is -1.95. The summed E-state index contributed by atoms with van der Waals surface area (Å²) in [6.07, 6.45) is 4.14. The molecule has 2 amide bonds. The van der Waals surface area contributed by atoms with E-state index in [2.05, 4.69) is 10.2 Å². The largest absolute Gasteiger partial charge is 0.354 e. The summed E-state index contributed by atoms with van der Waals surface area (Å²) in [4.78, 5) is 27.9. The van der Waals surface area contributed by atoms with Crippen LogP contribution in [0.15, 0.2) is 24.3 Å². The Morgan fingerprint density at radius 3 is 2.48 bits per heavy atom. The summed E-state index contributed by atoms with van der Waals surface area (Å²) in [5.41, 5.74) is 1.03. The Bertz CT molecular complexity index is 599. The molecule has 1 N–H and O–H groups in total. The molecule has 2 aliphatic rings. The van der Waals surface area contributed by atoms with E-state index in [0.29, 0.717) is 25.9 Å². The summed E-state index contributed by atoms with van der Waals surface area (Å²) in [7, 11) is 0. The summed E-state index contributed by atoms with van der Waals surface area (Å²) >= 11 is 0. The maximum absolute atomic E-state index is 13.2. The fraction of sp³-hybridized carbons (Fsp3) is 0.579. The maximum Gasteiger partial charge on any atom is 0.222 e. The van der Waals surface area contributed by atoms with Crippen molar-refractivity contribution in [2.24, 2.45) is 0 Å². The molecule has 0 aliphatic carbocycles. The number of hydrogen-bond donors (Lipinski definition) is 1. The van der Waals surface area contributed by atoms with Crippen molar-refractivity contribution in [1.82, 2.24) is 15.1 Å². The molecule has 1 unspecified atom stereocenters. The fourth-order valence-corrected chi connectivity index (χ4v) is 3.67. The molecule has 25 heavy (non-hydrogen) atoms.